The van der Waals surface area contributed by atoms with Crippen molar-refractivity contribution in [1.82, 2.24) is 0 Å². The highest BCUT2D eigenvalue weighted by Gasteiger charge is 2.31. The van der Waals surface area contributed by atoms with E-state index < -0.39 is 0 Å². The Morgan fingerprint density at radius 3 is 2.43 bits per heavy atom. The molecule has 0 aromatic carbocycles. The van der Waals surface area contributed by atoms with Gasteiger partial charge in [-0.25, -0.2) is 0 Å². The minimum Gasteiger partial charge on any atom is -0.327 e. The van der Waals surface area contributed by atoms with Gasteiger partial charge in [0.25, 0.3) is 0 Å². The second kappa shape index (κ2) is 4.65. The lowest BCUT2D eigenvalue weighted by Gasteiger charge is -2.39. The zero-order valence-electron chi connectivity index (χ0n) is 10.3. The monoisotopic (exact) mass is 197 g/mol. The third kappa shape index (κ3) is 2.73. The van der Waals surface area contributed by atoms with Crippen LogP contribution in [0.15, 0.2) is 0 Å². The molecule has 1 aliphatic carbocycles. The smallest absolute Gasteiger partial charge is 0.00646 e. The SMILES string of the molecule is CC[C@@H]1CCC(N)C(C)CCC1(C)C. The van der Waals surface area contributed by atoms with Crippen LogP contribution in [0.2, 0.25) is 0 Å². The first-order valence-electron chi connectivity index (χ1n) is 6.23. The molecule has 0 amide bonds. The van der Waals surface area contributed by atoms with Crippen molar-refractivity contribution in [3.8, 4) is 0 Å². The lowest BCUT2D eigenvalue weighted by Crippen LogP contribution is -2.35. The van der Waals surface area contributed by atoms with E-state index in [2.05, 4.69) is 27.7 Å². The average molecular weight is 197 g/mol. The van der Waals surface area contributed by atoms with E-state index >= 15 is 0 Å². The summed E-state index contributed by atoms with van der Waals surface area (Å²) in [5, 5.41) is 0. The number of hydrogen-bond donors (Lipinski definition) is 1. The van der Waals surface area contributed by atoms with Crippen LogP contribution in [0.25, 0.3) is 0 Å². The minimum absolute atomic E-state index is 0.445. The predicted molar refractivity (Wildman–Crippen MR) is 63.2 cm³/mol. The normalized spacial score (nSPS) is 38.8. The maximum absolute atomic E-state index is 6.15. The van der Waals surface area contributed by atoms with E-state index in [1.807, 2.05) is 0 Å². The van der Waals surface area contributed by atoms with Crippen LogP contribution in [0, 0.1) is 17.3 Å². The van der Waals surface area contributed by atoms with Crippen LogP contribution in [0.5, 0.6) is 0 Å². The molecule has 2 unspecified atom stereocenters. The molecule has 3 atom stereocenters. The summed E-state index contributed by atoms with van der Waals surface area (Å²) >= 11 is 0. The molecule has 0 saturated heterocycles. The quantitative estimate of drug-likeness (QED) is 0.683. The summed E-state index contributed by atoms with van der Waals surface area (Å²) in [6, 6.07) is 0.445. The standard InChI is InChI=1S/C13H27N/c1-5-11-6-7-12(14)10(2)8-9-13(11,3)4/h10-12H,5-9,14H2,1-4H3/t10?,11-,12?/m1/s1. The van der Waals surface area contributed by atoms with Crippen LogP contribution < -0.4 is 5.73 Å². The van der Waals surface area contributed by atoms with E-state index in [1.165, 1.54) is 32.1 Å². The van der Waals surface area contributed by atoms with Gasteiger partial charge in [0, 0.05) is 6.04 Å². The fraction of sp³-hybridized carbons (Fsp3) is 1.00. The van der Waals surface area contributed by atoms with Crippen molar-refractivity contribution in [2.45, 2.75) is 65.8 Å². The van der Waals surface area contributed by atoms with E-state index in [-0.39, 0.29) is 0 Å². The minimum atomic E-state index is 0.445. The molecule has 0 radical (unpaired) electrons. The summed E-state index contributed by atoms with van der Waals surface area (Å²) < 4.78 is 0. The van der Waals surface area contributed by atoms with E-state index in [4.69, 9.17) is 5.73 Å². The maximum atomic E-state index is 6.15. The number of hydrogen-bond acceptors (Lipinski definition) is 1. The highest BCUT2D eigenvalue weighted by atomic mass is 14.6. The number of nitrogens with two attached hydrogens (primary N) is 1. The number of rotatable bonds is 1. The molecule has 0 aromatic rings. The van der Waals surface area contributed by atoms with Crippen LogP contribution in [0.1, 0.15) is 59.8 Å². The first-order valence-corrected chi connectivity index (χ1v) is 6.23. The van der Waals surface area contributed by atoms with E-state index in [0.717, 1.165) is 5.92 Å². The van der Waals surface area contributed by atoms with Gasteiger partial charge in [-0.05, 0) is 42.9 Å². The summed E-state index contributed by atoms with van der Waals surface area (Å²) in [5.74, 6) is 1.59. The van der Waals surface area contributed by atoms with Gasteiger partial charge in [-0.1, -0.05) is 34.1 Å². The van der Waals surface area contributed by atoms with Crippen LogP contribution in [0.4, 0.5) is 0 Å². The largest absolute Gasteiger partial charge is 0.327 e. The average Bonchev–Trinajstić information content (AvgIpc) is 2.13. The molecule has 1 aliphatic rings. The highest BCUT2D eigenvalue weighted by molar-refractivity contribution is 4.84. The molecule has 1 rings (SSSR count). The van der Waals surface area contributed by atoms with Gasteiger partial charge >= 0.3 is 0 Å². The summed E-state index contributed by atoms with van der Waals surface area (Å²) in [5.41, 5.74) is 6.68. The van der Waals surface area contributed by atoms with Crippen LogP contribution >= 0.6 is 0 Å². The van der Waals surface area contributed by atoms with Crippen molar-refractivity contribution >= 4 is 0 Å². The lowest BCUT2D eigenvalue weighted by atomic mass is 9.68. The lowest BCUT2D eigenvalue weighted by molar-refractivity contribution is 0.133. The van der Waals surface area contributed by atoms with Crippen molar-refractivity contribution < 1.29 is 0 Å². The maximum Gasteiger partial charge on any atom is 0.00646 e. The van der Waals surface area contributed by atoms with Gasteiger partial charge in [0.05, 0.1) is 0 Å². The Hall–Kier alpha value is -0.0400. The Morgan fingerprint density at radius 2 is 1.86 bits per heavy atom. The molecule has 84 valence electrons. The second-order valence-corrected chi connectivity index (χ2v) is 5.85. The summed E-state index contributed by atoms with van der Waals surface area (Å²) in [7, 11) is 0. The Morgan fingerprint density at radius 1 is 1.21 bits per heavy atom. The first-order chi connectivity index (χ1) is 6.47. The van der Waals surface area contributed by atoms with Crippen LogP contribution in [0.3, 0.4) is 0 Å². The Kier molecular flexibility index (Phi) is 4.00. The fourth-order valence-electron chi connectivity index (χ4n) is 2.84. The zero-order chi connectivity index (χ0) is 10.8. The molecule has 0 heterocycles. The molecule has 2 N–H and O–H groups in total. The van der Waals surface area contributed by atoms with Gasteiger partial charge in [0.2, 0.25) is 0 Å². The molecule has 1 heteroatoms. The molecular weight excluding hydrogens is 170 g/mol. The summed E-state index contributed by atoms with van der Waals surface area (Å²) in [6.45, 7) is 9.51. The van der Waals surface area contributed by atoms with Crippen molar-refractivity contribution in [3.05, 3.63) is 0 Å². The third-order valence-corrected chi connectivity index (χ3v) is 4.42. The fourth-order valence-corrected chi connectivity index (χ4v) is 2.84. The predicted octanol–water partition coefficient (Wildman–Crippen LogP) is 3.58. The van der Waals surface area contributed by atoms with Crippen molar-refractivity contribution in [1.29, 1.82) is 0 Å². The topological polar surface area (TPSA) is 26.0 Å². The second-order valence-electron chi connectivity index (χ2n) is 5.85. The van der Waals surface area contributed by atoms with E-state index in [1.54, 1.807) is 0 Å². The third-order valence-electron chi connectivity index (χ3n) is 4.42. The van der Waals surface area contributed by atoms with Gasteiger partial charge in [0.15, 0.2) is 0 Å². The highest BCUT2D eigenvalue weighted by Crippen LogP contribution is 2.40. The van der Waals surface area contributed by atoms with Gasteiger partial charge in [-0.15, -0.1) is 0 Å². The van der Waals surface area contributed by atoms with Gasteiger partial charge in [-0.2, -0.15) is 0 Å². The summed E-state index contributed by atoms with van der Waals surface area (Å²) in [6.07, 6.45) is 6.53. The first kappa shape index (κ1) is 12.0. The molecule has 1 fully saturated rings. The summed E-state index contributed by atoms with van der Waals surface area (Å²) in [4.78, 5) is 0. The molecular formula is C13H27N. The van der Waals surface area contributed by atoms with E-state index in [9.17, 15) is 0 Å². The van der Waals surface area contributed by atoms with E-state index in [0.29, 0.717) is 17.4 Å². The molecule has 14 heavy (non-hydrogen) atoms. The van der Waals surface area contributed by atoms with Crippen molar-refractivity contribution in [3.63, 3.8) is 0 Å². The molecule has 1 nitrogen and oxygen atoms in total. The van der Waals surface area contributed by atoms with Crippen molar-refractivity contribution in [2.24, 2.45) is 23.0 Å². The molecule has 0 aromatic heterocycles. The molecule has 0 spiro atoms. The molecule has 0 bridgehead atoms. The van der Waals surface area contributed by atoms with Gasteiger partial charge in [0.1, 0.15) is 0 Å². The van der Waals surface area contributed by atoms with Crippen molar-refractivity contribution in [2.75, 3.05) is 0 Å². The zero-order valence-corrected chi connectivity index (χ0v) is 10.3. The van der Waals surface area contributed by atoms with Crippen LogP contribution in [-0.2, 0) is 0 Å². The van der Waals surface area contributed by atoms with Gasteiger partial charge < -0.3 is 5.73 Å². The van der Waals surface area contributed by atoms with Crippen LogP contribution in [-0.4, -0.2) is 6.04 Å². The Balaban J connectivity index is 2.64. The Bertz CT molecular complexity index is 174. The molecule has 1 saturated carbocycles. The van der Waals surface area contributed by atoms with Gasteiger partial charge in [-0.3, -0.25) is 0 Å². The molecule has 0 aliphatic heterocycles. The Labute approximate surface area is 89.5 Å².